The van der Waals surface area contributed by atoms with Crippen LogP contribution in [-0.4, -0.2) is 29.3 Å². The SMILES string of the molecule is C=C/C(=C\C(=C)CC(C)(C)CC(C)(C)C(=O)OC(/C(C=C)=C/C(=C)F)c1cnc[nH]1)OC.CC.CS. The maximum atomic E-state index is 13.5. The van der Waals surface area contributed by atoms with E-state index in [9.17, 15) is 9.18 Å². The van der Waals surface area contributed by atoms with Crippen LogP contribution in [0.25, 0.3) is 0 Å². The summed E-state index contributed by atoms with van der Waals surface area (Å²) in [5, 5.41) is 0. The number of imidazole rings is 1. The van der Waals surface area contributed by atoms with Crippen molar-refractivity contribution < 1.29 is 18.7 Å². The fourth-order valence-electron chi connectivity index (χ4n) is 3.81. The highest BCUT2D eigenvalue weighted by atomic mass is 32.1. The number of allylic oxidation sites excluding steroid dienone is 5. The van der Waals surface area contributed by atoms with Gasteiger partial charge in [0.05, 0.1) is 30.7 Å². The van der Waals surface area contributed by atoms with Crippen molar-refractivity contribution in [2.24, 2.45) is 10.8 Å². The molecule has 0 fully saturated rings. The molecule has 0 aliphatic rings. The predicted octanol–water partition coefficient (Wildman–Crippen LogP) is 8.27. The summed E-state index contributed by atoms with van der Waals surface area (Å²) in [6, 6.07) is 0. The number of carbonyl (C=O) groups is 1. The molecule has 0 spiro atoms. The lowest BCUT2D eigenvalue weighted by Crippen LogP contribution is -2.33. The summed E-state index contributed by atoms with van der Waals surface area (Å²) < 4.78 is 24.5. The van der Waals surface area contributed by atoms with Crippen molar-refractivity contribution in [2.75, 3.05) is 13.4 Å². The average Bonchev–Trinajstić information content (AvgIpc) is 3.35. The normalized spacial score (nSPS) is 12.6. The van der Waals surface area contributed by atoms with Gasteiger partial charge in [0.2, 0.25) is 0 Å². The van der Waals surface area contributed by atoms with E-state index in [-0.39, 0.29) is 5.41 Å². The maximum absolute atomic E-state index is 13.5. The van der Waals surface area contributed by atoms with E-state index in [4.69, 9.17) is 9.47 Å². The van der Waals surface area contributed by atoms with E-state index >= 15 is 0 Å². The van der Waals surface area contributed by atoms with Gasteiger partial charge in [0.25, 0.3) is 0 Å². The van der Waals surface area contributed by atoms with Crippen LogP contribution in [0.4, 0.5) is 4.39 Å². The molecule has 1 aromatic rings. The molecule has 1 heterocycles. The van der Waals surface area contributed by atoms with Crippen LogP contribution in [0.5, 0.6) is 0 Å². The Morgan fingerprint density at radius 1 is 1.17 bits per heavy atom. The van der Waals surface area contributed by atoms with E-state index in [2.05, 4.69) is 62.8 Å². The third-order valence-electron chi connectivity index (χ3n) is 4.85. The molecule has 1 unspecified atom stereocenters. The number of ether oxygens (including phenoxy) is 2. The number of hydrogen-bond acceptors (Lipinski definition) is 5. The fourth-order valence-corrected chi connectivity index (χ4v) is 3.81. The molecule has 1 rings (SSSR count). The number of carbonyl (C=O) groups excluding carboxylic acids is 1. The number of aromatic nitrogens is 2. The van der Waals surface area contributed by atoms with Gasteiger partial charge in [-0.05, 0) is 56.6 Å². The Bertz CT molecular complexity index is 913. The van der Waals surface area contributed by atoms with Crippen molar-refractivity contribution in [3.05, 3.63) is 91.6 Å². The first-order valence-electron chi connectivity index (χ1n) is 11.7. The second-order valence-electron chi connectivity index (χ2n) is 9.10. The van der Waals surface area contributed by atoms with Crippen molar-refractivity contribution >= 4 is 18.6 Å². The van der Waals surface area contributed by atoms with E-state index in [1.807, 2.05) is 33.8 Å². The van der Waals surface area contributed by atoms with Crippen LogP contribution < -0.4 is 0 Å². The first-order chi connectivity index (χ1) is 16.8. The predicted molar refractivity (Wildman–Crippen MR) is 153 cm³/mol. The van der Waals surface area contributed by atoms with E-state index in [1.165, 1.54) is 24.7 Å². The van der Waals surface area contributed by atoms with Crippen LogP contribution in [0.15, 0.2) is 85.9 Å². The van der Waals surface area contributed by atoms with E-state index in [1.54, 1.807) is 19.4 Å². The Balaban J connectivity index is 0. The standard InChI is InChI=1S/C26H35FN2O3.C2H6.CH4S/c1-10-20(13-19(4)27)23(22-15-28-17-29-22)32-24(30)26(7,8)16-25(5,6)14-18(3)12-21(11-2)31-9;2*1-2/h10-13,15,17,23H,1-4,14,16H2,5-9H3,(H,28,29);1-2H3;2H,1H3/b20-13+,21-12+;;. The molecule has 0 aliphatic heterocycles. The summed E-state index contributed by atoms with van der Waals surface area (Å²) in [6.07, 6.45) is 11.0. The number of rotatable bonds is 13. The summed E-state index contributed by atoms with van der Waals surface area (Å²) >= 11 is 3.53. The largest absolute Gasteiger partial charge is 0.497 e. The minimum atomic E-state index is -0.882. The molecule has 1 N–H and O–H groups in total. The van der Waals surface area contributed by atoms with Gasteiger partial charge in [-0.15, -0.1) is 0 Å². The number of thiol groups is 1. The molecule has 0 amide bonds. The van der Waals surface area contributed by atoms with Gasteiger partial charge in [-0.1, -0.05) is 65.7 Å². The minimum Gasteiger partial charge on any atom is -0.497 e. The summed E-state index contributed by atoms with van der Waals surface area (Å²) in [5.41, 5.74) is 0.651. The lowest BCUT2D eigenvalue weighted by Gasteiger charge is -2.34. The molecule has 0 aromatic carbocycles. The Kier molecular flexibility index (Phi) is 17.3. The van der Waals surface area contributed by atoms with E-state index in [0.29, 0.717) is 29.9 Å². The van der Waals surface area contributed by atoms with Gasteiger partial charge in [-0.25, -0.2) is 9.37 Å². The van der Waals surface area contributed by atoms with Gasteiger partial charge in [0.15, 0.2) is 6.10 Å². The van der Waals surface area contributed by atoms with Gasteiger partial charge >= 0.3 is 5.97 Å². The lowest BCUT2D eigenvalue weighted by molar-refractivity contribution is -0.160. The lowest BCUT2D eigenvalue weighted by atomic mass is 9.72. The third-order valence-corrected chi connectivity index (χ3v) is 4.85. The van der Waals surface area contributed by atoms with Crippen LogP contribution in [0.2, 0.25) is 0 Å². The Morgan fingerprint density at radius 3 is 2.17 bits per heavy atom. The van der Waals surface area contributed by atoms with Gasteiger partial charge in [0, 0.05) is 5.57 Å². The number of halogens is 1. The molecule has 0 radical (unpaired) electrons. The van der Waals surface area contributed by atoms with Crippen molar-refractivity contribution in [1.82, 2.24) is 9.97 Å². The van der Waals surface area contributed by atoms with E-state index in [0.717, 1.165) is 5.57 Å². The van der Waals surface area contributed by atoms with Crippen molar-refractivity contribution in [1.29, 1.82) is 0 Å². The summed E-state index contributed by atoms with van der Waals surface area (Å²) in [5.74, 6) is -0.459. The number of nitrogens with one attached hydrogen (secondary N) is 1. The number of methoxy groups -OCH3 is 1. The molecule has 1 atom stereocenters. The second kappa shape index (κ2) is 17.6. The summed E-state index contributed by atoms with van der Waals surface area (Å²) in [6.45, 7) is 26.6. The fraction of sp³-hybridized carbons (Fsp3) is 0.448. The molecule has 1 aromatic heterocycles. The third kappa shape index (κ3) is 12.8. The zero-order valence-electron chi connectivity index (χ0n) is 23.3. The molecule has 7 heteroatoms. The number of esters is 1. The highest BCUT2D eigenvalue weighted by Gasteiger charge is 2.38. The van der Waals surface area contributed by atoms with Crippen molar-refractivity contribution in [3.63, 3.8) is 0 Å². The maximum Gasteiger partial charge on any atom is 0.312 e. The van der Waals surface area contributed by atoms with Crippen LogP contribution in [-0.2, 0) is 14.3 Å². The number of hydrogen-bond donors (Lipinski definition) is 2. The summed E-state index contributed by atoms with van der Waals surface area (Å²) in [4.78, 5) is 20.1. The number of aromatic amines is 1. The van der Waals surface area contributed by atoms with Crippen LogP contribution in [0.3, 0.4) is 0 Å². The van der Waals surface area contributed by atoms with Gasteiger partial charge in [0.1, 0.15) is 11.6 Å². The van der Waals surface area contributed by atoms with Gasteiger partial charge in [-0.3, -0.25) is 4.79 Å². The Morgan fingerprint density at radius 2 is 1.75 bits per heavy atom. The molecule has 202 valence electrons. The minimum absolute atomic E-state index is 0.260. The average molecular weight is 521 g/mol. The molecular formula is C29H45FN2O3S. The topological polar surface area (TPSA) is 64.2 Å². The molecule has 0 saturated heterocycles. The van der Waals surface area contributed by atoms with Crippen LogP contribution in [0, 0.1) is 10.8 Å². The van der Waals surface area contributed by atoms with Crippen LogP contribution >= 0.6 is 12.6 Å². The molecule has 36 heavy (non-hydrogen) atoms. The zero-order valence-corrected chi connectivity index (χ0v) is 24.2. The first kappa shape index (κ1) is 35.4. The highest BCUT2D eigenvalue weighted by Crippen LogP contribution is 2.40. The quantitative estimate of drug-likeness (QED) is 0.119. The Hall–Kier alpha value is -2.80. The summed E-state index contributed by atoms with van der Waals surface area (Å²) in [7, 11) is 1.57. The molecule has 5 nitrogen and oxygen atoms in total. The van der Waals surface area contributed by atoms with E-state index < -0.39 is 23.3 Å². The monoisotopic (exact) mass is 520 g/mol. The van der Waals surface area contributed by atoms with Crippen LogP contribution in [0.1, 0.15) is 66.2 Å². The zero-order chi connectivity index (χ0) is 28.5. The van der Waals surface area contributed by atoms with Gasteiger partial charge < -0.3 is 14.5 Å². The highest BCUT2D eigenvalue weighted by molar-refractivity contribution is 7.79. The molecule has 0 aliphatic carbocycles. The molecule has 0 bridgehead atoms. The van der Waals surface area contributed by atoms with Crippen molar-refractivity contribution in [3.8, 4) is 0 Å². The number of nitrogens with zero attached hydrogens (tertiary/aromatic N) is 1. The second-order valence-corrected chi connectivity index (χ2v) is 9.10. The first-order valence-corrected chi connectivity index (χ1v) is 12.6. The smallest absolute Gasteiger partial charge is 0.312 e. The van der Waals surface area contributed by atoms with Crippen molar-refractivity contribution in [2.45, 2.75) is 60.5 Å². The molecule has 0 saturated carbocycles. The Labute approximate surface area is 223 Å². The van der Waals surface area contributed by atoms with Gasteiger partial charge in [-0.2, -0.15) is 12.6 Å². The molecular weight excluding hydrogens is 475 g/mol. The number of H-pyrrole nitrogens is 1.